The van der Waals surface area contributed by atoms with Crippen molar-refractivity contribution >= 4 is 29.5 Å². The van der Waals surface area contributed by atoms with Crippen LogP contribution in [-0.4, -0.2) is 36.2 Å². The summed E-state index contributed by atoms with van der Waals surface area (Å²) >= 11 is 5.96. The van der Waals surface area contributed by atoms with E-state index in [-0.39, 0.29) is 0 Å². The number of ether oxygens (including phenoxy) is 2. The molecule has 0 aromatic heterocycles. The first-order valence-corrected chi connectivity index (χ1v) is 8.07. The fraction of sp³-hybridized carbons (Fsp3) is 0.471. The molecule has 0 unspecified atom stereocenters. The topological polar surface area (TPSA) is 93.7 Å². The molecule has 138 valence electrons. The Hall–Kier alpha value is -2.28. The van der Waals surface area contributed by atoms with Gasteiger partial charge in [0, 0.05) is 5.54 Å². The molecule has 0 radical (unpaired) electrons. The van der Waals surface area contributed by atoms with Crippen molar-refractivity contribution in [2.75, 3.05) is 6.61 Å². The normalized spacial score (nSPS) is 12.1. The predicted molar refractivity (Wildman–Crippen MR) is 93.7 cm³/mol. The van der Waals surface area contributed by atoms with Gasteiger partial charge < -0.3 is 14.8 Å². The third-order valence-electron chi connectivity index (χ3n) is 2.83. The highest BCUT2D eigenvalue weighted by molar-refractivity contribution is 6.32. The molecule has 1 aromatic rings. The van der Waals surface area contributed by atoms with E-state index in [1.165, 1.54) is 6.92 Å². The van der Waals surface area contributed by atoms with Gasteiger partial charge in [0.2, 0.25) is 0 Å². The lowest BCUT2D eigenvalue weighted by atomic mass is 10.1. The van der Waals surface area contributed by atoms with Crippen molar-refractivity contribution in [1.82, 2.24) is 10.6 Å². The first-order valence-electron chi connectivity index (χ1n) is 7.69. The van der Waals surface area contributed by atoms with Crippen LogP contribution in [0, 0.1) is 6.92 Å². The quantitative estimate of drug-likeness (QED) is 0.777. The SMILES string of the molecule is Cc1ccc(Cl)c(OCC(=O)O[C@@H](C)C(=O)NC(=O)NC(C)(C)C)c1. The summed E-state index contributed by atoms with van der Waals surface area (Å²) in [5, 5.41) is 5.03. The summed E-state index contributed by atoms with van der Waals surface area (Å²) < 4.78 is 10.2. The highest BCUT2D eigenvalue weighted by Crippen LogP contribution is 2.25. The van der Waals surface area contributed by atoms with E-state index in [9.17, 15) is 14.4 Å². The van der Waals surface area contributed by atoms with Crippen LogP contribution in [0.3, 0.4) is 0 Å². The van der Waals surface area contributed by atoms with Gasteiger partial charge in [0.1, 0.15) is 5.75 Å². The molecule has 0 aliphatic heterocycles. The number of halogens is 1. The van der Waals surface area contributed by atoms with Crippen LogP contribution in [0.15, 0.2) is 18.2 Å². The molecule has 0 fully saturated rings. The minimum Gasteiger partial charge on any atom is -0.480 e. The van der Waals surface area contributed by atoms with Gasteiger partial charge in [-0.3, -0.25) is 10.1 Å². The number of esters is 1. The third kappa shape index (κ3) is 7.89. The first-order chi connectivity index (χ1) is 11.5. The number of carbonyl (C=O) groups is 3. The minimum absolute atomic E-state index is 0.347. The summed E-state index contributed by atoms with van der Waals surface area (Å²) in [5.74, 6) is -1.14. The monoisotopic (exact) mass is 370 g/mol. The lowest BCUT2D eigenvalue weighted by molar-refractivity contribution is -0.156. The second-order valence-electron chi connectivity index (χ2n) is 6.55. The molecule has 25 heavy (non-hydrogen) atoms. The molecule has 0 spiro atoms. The van der Waals surface area contributed by atoms with Crippen LogP contribution in [-0.2, 0) is 14.3 Å². The van der Waals surface area contributed by atoms with Gasteiger partial charge >= 0.3 is 12.0 Å². The number of carbonyl (C=O) groups excluding carboxylic acids is 3. The highest BCUT2D eigenvalue weighted by atomic mass is 35.5. The number of aryl methyl sites for hydroxylation is 1. The Balaban J connectivity index is 2.46. The number of benzene rings is 1. The molecule has 0 bridgehead atoms. The Kier molecular flexibility index (Phi) is 7.23. The van der Waals surface area contributed by atoms with Crippen molar-refractivity contribution in [3.8, 4) is 5.75 Å². The molecule has 7 nitrogen and oxygen atoms in total. The van der Waals surface area contributed by atoms with Crippen LogP contribution in [0.4, 0.5) is 4.79 Å². The van der Waals surface area contributed by atoms with Crippen molar-refractivity contribution in [3.63, 3.8) is 0 Å². The van der Waals surface area contributed by atoms with Gasteiger partial charge in [0.25, 0.3) is 5.91 Å². The van der Waals surface area contributed by atoms with E-state index in [0.29, 0.717) is 10.8 Å². The number of rotatable bonds is 5. The molecule has 0 aliphatic rings. The minimum atomic E-state index is -1.14. The maximum atomic E-state index is 11.8. The average molecular weight is 371 g/mol. The number of imide groups is 1. The van der Waals surface area contributed by atoms with E-state index in [2.05, 4.69) is 10.6 Å². The summed E-state index contributed by atoms with van der Waals surface area (Å²) in [6.45, 7) is 8.12. The number of hydrogen-bond donors (Lipinski definition) is 2. The number of amides is 3. The van der Waals surface area contributed by atoms with E-state index in [1.54, 1.807) is 32.9 Å². The van der Waals surface area contributed by atoms with Crippen LogP contribution in [0.1, 0.15) is 33.3 Å². The Morgan fingerprint density at radius 3 is 2.48 bits per heavy atom. The summed E-state index contributed by atoms with van der Waals surface area (Å²) in [6.07, 6.45) is -1.14. The van der Waals surface area contributed by atoms with E-state index in [1.807, 2.05) is 13.0 Å². The Bertz CT molecular complexity index is 655. The van der Waals surface area contributed by atoms with Crippen molar-refractivity contribution in [1.29, 1.82) is 0 Å². The molecule has 3 amide bonds. The molecule has 1 rings (SSSR count). The highest BCUT2D eigenvalue weighted by Gasteiger charge is 2.22. The van der Waals surface area contributed by atoms with Gasteiger partial charge in [-0.2, -0.15) is 0 Å². The summed E-state index contributed by atoms with van der Waals surface area (Å²) in [4.78, 5) is 35.2. The standard InChI is InChI=1S/C17H23ClN2O5/c1-10-6-7-12(18)13(8-10)24-9-14(21)25-11(2)15(22)19-16(23)20-17(3,4)5/h6-8,11H,9H2,1-5H3,(H2,19,20,22,23)/t11-/m0/s1. The molecule has 8 heteroatoms. The summed E-state index contributed by atoms with van der Waals surface area (Å²) in [5.41, 5.74) is 0.427. The van der Waals surface area contributed by atoms with Crippen LogP contribution in [0.5, 0.6) is 5.75 Å². The van der Waals surface area contributed by atoms with E-state index in [4.69, 9.17) is 21.1 Å². The van der Waals surface area contributed by atoms with Gasteiger partial charge in [-0.15, -0.1) is 0 Å². The Morgan fingerprint density at radius 2 is 1.88 bits per heavy atom. The van der Waals surface area contributed by atoms with Crippen molar-refractivity contribution in [3.05, 3.63) is 28.8 Å². The maximum absolute atomic E-state index is 11.8. The zero-order valence-corrected chi connectivity index (χ0v) is 15.7. The second-order valence-corrected chi connectivity index (χ2v) is 6.96. The van der Waals surface area contributed by atoms with Crippen LogP contribution in [0.2, 0.25) is 5.02 Å². The van der Waals surface area contributed by atoms with Crippen LogP contribution in [0.25, 0.3) is 0 Å². The fourth-order valence-corrected chi connectivity index (χ4v) is 1.90. The molecular formula is C17H23ClN2O5. The van der Waals surface area contributed by atoms with Crippen LogP contribution >= 0.6 is 11.6 Å². The molecule has 0 aliphatic carbocycles. The Labute approximate surface area is 152 Å². The smallest absolute Gasteiger partial charge is 0.344 e. The van der Waals surface area contributed by atoms with Gasteiger partial charge in [0.05, 0.1) is 5.02 Å². The van der Waals surface area contributed by atoms with E-state index >= 15 is 0 Å². The number of urea groups is 1. The molecule has 1 atom stereocenters. The lowest BCUT2D eigenvalue weighted by Gasteiger charge is -2.21. The zero-order valence-electron chi connectivity index (χ0n) is 14.9. The first kappa shape index (κ1) is 20.8. The largest absolute Gasteiger partial charge is 0.480 e. The third-order valence-corrected chi connectivity index (χ3v) is 3.15. The lowest BCUT2D eigenvalue weighted by Crippen LogP contribution is -2.50. The number of nitrogens with one attached hydrogen (secondary N) is 2. The van der Waals surface area contributed by atoms with Crippen molar-refractivity contribution in [2.24, 2.45) is 0 Å². The molecule has 0 saturated carbocycles. The van der Waals surface area contributed by atoms with Crippen LogP contribution < -0.4 is 15.4 Å². The van der Waals surface area contributed by atoms with Gasteiger partial charge in [-0.05, 0) is 52.3 Å². The molecule has 1 aromatic carbocycles. The molecule has 0 heterocycles. The van der Waals surface area contributed by atoms with E-state index in [0.717, 1.165) is 5.56 Å². The number of hydrogen-bond acceptors (Lipinski definition) is 5. The summed E-state index contributed by atoms with van der Waals surface area (Å²) in [7, 11) is 0. The molecule has 0 saturated heterocycles. The van der Waals surface area contributed by atoms with E-state index < -0.39 is 36.2 Å². The van der Waals surface area contributed by atoms with Gasteiger partial charge in [0.15, 0.2) is 12.7 Å². The van der Waals surface area contributed by atoms with Gasteiger partial charge in [-0.25, -0.2) is 9.59 Å². The summed E-state index contributed by atoms with van der Waals surface area (Å²) in [6, 6.07) is 4.48. The van der Waals surface area contributed by atoms with Crippen molar-refractivity contribution in [2.45, 2.75) is 46.3 Å². The Morgan fingerprint density at radius 1 is 1.24 bits per heavy atom. The van der Waals surface area contributed by atoms with Gasteiger partial charge in [-0.1, -0.05) is 17.7 Å². The maximum Gasteiger partial charge on any atom is 0.344 e. The molecule has 2 N–H and O–H groups in total. The zero-order chi connectivity index (χ0) is 19.2. The average Bonchev–Trinajstić information content (AvgIpc) is 2.46. The van der Waals surface area contributed by atoms with Crippen molar-refractivity contribution < 1.29 is 23.9 Å². The second kappa shape index (κ2) is 8.71. The fourth-order valence-electron chi connectivity index (χ4n) is 1.73. The predicted octanol–water partition coefficient (Wildman–Crippen LogP) is 2.58. The molecular weight excluding hydrogens is 348 g/mol.